The molecule has 30 heavy (non-hydrogen) atoms. The highest BCUT2D eigenvalue weighted by atomic mass is 32.1. The van der Waals surface area contributed by atoms with E-state index >= 15 is 0 Å². The number of hydrogen-bond acceptors (Lipinski definition) is 4. The van der Waals surface area contributed by atoms with Crippen LogP contribution in [0.15, 0.2) is 72.8 Å². The molecule has 8 rings (SSSR count). The number of fused-ring (bicyclic) bond motifs is 1. The first-order valence-electron chi connectivity index (χ1n) is 10.1. The van der Waals surface area contributed by atoms with Crippen LogP contribution in [0.25, 0.3) is 10.2 Å². The van der Waals surface area contributed by atoms with E-state index in [0.717, 1.165) is 10.2 Å². The molecule has 4 nitrogen and oxygen atoms in total. The first-order chi connectivity index (χ1) is 14.7. The summed E-state index contributed by atoms with van der Waals surface area (Å²) >= 11 is 1.41. The number of rotatable bonds is 1. The zero-order valence-corrected chi connectivity index (χ0v) is 16.7. The van der Waals surface area contributed by atoms with Crippen molar-refractivity contribution < 1.29 is 9.59 Å². The third-order valence-electron chi connectivity index (χ3n) is 6.92. The highest BCUT2D eigenvalue weighted by molar-refractivity contribution is 7.22. The van der Waals surface area contributed by atoms with E-state index in [9.17, 15) is 9.59 Å². The molecule has 2 unspecified atom stereocenters. The third kappa shape index (κ3) is 1.89. The minimum Gasteiger partial charge on any atom is -0.274 e. The summed E-state index contributed by atoms with van der Waals surface area (Å²) in [7, 11) is 0. The first kappa shape index (κ1) is 16.5. The van der Waals surface area contributed by atoms with Gasteiger partial charge in [-0.25, -0.2) is 9.88 Å². The Kier molecular flexibility index (Phi) is 3.10. The maximum atomic E-state index is 13.7. The quantitative estimate of drug-likeness (QED) is 0.429. The normalized spacial score (nSPS) is 26.1. The summed E-state index contributed by atoms with van der Waals surface area (Å²) in [6, 6.07) is 24.4. The molecule has 4 aromatic rings. The molecule has 144 valence electrons. The lowest BCUT2D eigenvalue weighted by atomic mass is 9.55. The summed E-state index contributed by atoms with van der Waals surface area (Å²) in [4.78, 5) is 33.4. The molecular formula is C25H16N2O2S. The van der Waals surface area contributed by atoms with Crippen LogP contribution in [-0.2, 0) is 9.59 Å². The van der Waals surface area contributed by atoms with E-state index in [0.29, 0.717) is 5.13 Å². The van der Waals surface area contributed by atoms with Crippen molar-refractivity contribution in [2.45, 2.75) is 11.8 Å². The molecule has 0 spiro atoms. The Morgan fingerprint density at radius 1 is 0.667 bits per heavy atom. The topological polar surface area (TPSA) is 50.3 Å². The summed E-state index contributed by atoms with van der Waals surface area (Å²) in [6.45, 7) is 0. The molecule has 4 aliphatic rings. The summed E-state index contributed by atoms with van der Waals surface area (Å²) < 4.78 is 0.984. The van der Waals surface area contributed by atoms with Crippen LogP contribution < -0.4 is 4.90 Å². The number of nitrogens with zero attached hydrogens (tertiary/aromatic N) is 2. The number of carbonyl (C=O) groups excluding carboxylic acids is 2. The van der Waals surface area contributed by atoms with Gasteiger partial charge in [0.2, 0.25) is 11.8 Å². The Labute approximate surface area is 176 Å². The number of benzene rings is 3. The van der Waals surface area contributed by atoms with E-state index in [1.165, 1.54) is 38.5 Å². The van der Waals surface area contributed by atoms with Gasteiger partial charge in [0.1, 0.15) is 0 Å². The Hall–Kier alpha value is -3.31. The molecule has 0 radical (unpaired) electrons. The molecule has 1 saturated heterocycles. The smallest absolute Gasteiger partial charge is 0.240 e. The van der Waals surface area contributed by atoms with E-state index in [4.69, 9.17) is 0 Å². The van der Waals surface area contributed by atoms with Gasteiger partial charge in [-0.1, -0.05) is 72.0 Å². The van der Waals surface area contributed by atoms with Crippen molar-refractivity contribution in [3.8, 4) is 0 Å². The predicted molar refractivity (Wildman–Crippen MR) is 116 cm³/mol. The zero-order chi connectivity index (χ0) is 20.0. The fourth-order valence-electron chi connectivity index (χ4n) is 5.82. The lowest BCUT2D eigenvalue weighted by Gasteiger charge is -2.45. The van der Waals surface area contributed by atoms with E-state index in [2.05, 4.69) is 29.2 Å². The van der Waals surface area contributed by atoms with Crippen LogP contribution in [0.3, 0.4) is 0 Å². The minimum atomic E-state index is -0.362. The van der Waals surface area contributed by atoms with Crippen LogP contribution >= 0.6 is 11.3 Å². The SMILES string of the molecule is O=C1C2C3c4ccccc4C(c4ccccc43)C2C(=O)N1c1nc2ccccc2s1. The van der Waals surface area contributed by atoms with Gasteiger partial charge < -0.3 is 0 Å². The van der Waals surface area contributed by atoms with Gasteiger partial charge in [0.25, 0.3) is 0 Å². The second-order valence-corrected chi connectivity index (χ2v) is 9.25. The lowest BCUT2D eigenvalue weighted by Crippen LogP contribution is -2.41. The highest BCUT2D eigenvalue weighted by Gasteiger charge is 2.62. The first-order valence-corrected chi connectivity index (χ1v) is 11.0. The van der Waals surface area contributed by atoms with E-state index < -0.39 is 0 Å². The fourth-order valence-corrected chi connectivity index (χ4v) is 6.80. The van der Waals surface area contributed by atoms with Gasteiger partial charge in [0.15, 0.2) is 5.13 Å². The molecular weight excluding hydrogens is 392 g/mol. The largest absolute Gasteiger partial charge is 0.274 e. The number of thiazole rings is 1. The molecule has 2 amide bonds. The summed E-state index contributed by atoms with van der Waals surface area (Å²) in [6.07, 6.45) is 0. The Morgan fingerprint density at radius 2 is 1.13 bits per heavy atom. The van der Waals surface area contributed by atoms with Gasteiger partial charge in [0, 0.05) is 11.8 Å². The summed E-state index contributed by atoms with van der Waals surface area (Å²) in [5, 5.41) is 0.494. The van der Waals surface area contributed by atoms with E-state index in [1.54, 1.807) is 0 Å². The van der Waals surface area contributed by atoms with Gasteiger partial charge >= 0.3 is 0 Å². The highest BCUT2D eigenvalue weighted by Crippen LogP contribution is 2.61. The average Bonchev–Trinajstić information content (AvgIpc) is 3.32. The van der Waals surface area contributed by atoms with Crippen LogP contribution in [0, 0.1) is 11.8 Å². The molecule has 2 heterocycles. The molecule has 3 aliphatic carbocycles. The number of carbonyl (C=O) groups is 2. The predicted octanol–water partition coefficient (Wildman–Crippen LogP) is 4.69. The molecule has 1 fully saturated rings. The number of aromatic nitrogens is 1. The summed E-state index contributed by atoms with van der Waals surface area (Å²) in [5.74, 6) is -1.10. The van der Waals surface area contributed by atoms with Crippen molar-refractivity contribution >= 4 is 38.5 Å². The number of imide groups is 1. The third-order valence-corrected chi connectivity index (χ3v) is 7.94. The second kappa shape index (κ2) is 5.64. The standard InChI is InChI=1S/C25H16N2O2S/c28-23-21-19-13-7-1-2-8-14(13)20(16-10-4-3-9-15(16)19)22(21)24(29)27(23)25-26-17-11-5-6-12-18(17)30-25/h1-12,19-22H. The van der Waals surface area contributed by atoms with E-state index in [1.807, 2.05) is 48.5 Å². The van der Waals surface area contributed by atoms with Gasteiger partial charge in [-0.2, -0.15) is 0 Å². The fraction of sp³-hybridized carbons (Fsp3) is 0.160. The molecule has 0 N–H and O–H groups in total. The van der Waals surface area contributed by atoms with Gasteiger partial charge in [0.05, 0.1) is 22.1 Å². The van der Waals surface area contributed by atoms with Gasteiger partial charge in [-0.05, 0) is 34.4 Å². The van der Waals surface area contributed by atoms with Gasteiger partial charge in [-0.15, -0.1) is 0 Å². The Bertz CT molecular complexity index is 1240. The Morgan fingerprint density at radius 3 is 1.63 bits per heavy atom. The van der Waals surface area contributed by atoms with Crippen LogP contribution in [-0.4, -0.2) is 16.8 Å². The number of anilines is 1. The maximum absolute atomic E-state index is 13.7. The molecule has 2 bridgehead atoms. The monoisotopic (exact) mass is 408 g/mol. The number of amides is 2. The molecule has 3 aromatic carbocycles. The van der Waals surface area contributed by atoms with Crippen LogP contribution in [0.2, 0.25) is 0 Å². The van der Waals surface area contributed by atoms with Crippen LogP contribution in [0.1, 0.15) is 34.1 Å². The van der Waals surface area contributed by atoms with E-state index in [-0.39, 0.29) is 35.5 Å². The van der Waals surface area contributed by atoms with Crippen molar-refractivity contribution in [3.05, 3.63) is 95.1 Å². The Balaban J connectivity index is 1.44. The molecule has 0 saturated carbocycles. The number of hydrogen-bond donors (Lipinski definition) is 0. The number of para-hydroxylation sites is 1. The molecule has 5 heteroatoms. The van der Waals surface area contributed by atoms with Crippen molar-refractivity contribution in [2.24, 2.45) is 11.8 Å². The molecule has 1 aromatic heterocycles. The average molecular weight is 408 g/mol. The minimum absolute atomic E-state index is 0.0803. The summed E-state index contributed by atoms with van der Waals surface area (Å²) in [5.41, 5.74) is 5.58. The van der Waals surface area contributed by atoms with Gasteiger partial charge in [-0.3, -0.25) is 9.59 Å². The van der Waals surface area contributed by atoms with Crippen molar-refractivity contribution in [1.82, 2.24) is 4.98 Å². The second-order valence-electron chi connectivity index (χ2n) is 8.24. The maximum Gasteiger partial charge on any atom is 0.240 e. The van der Waals surface area contributed by atoms with Crippen LogP contribution in [0.4, 0.5) is 5.13 Å². The zero-order valence-electron chi connectivity index (χ0n) is 15.9. The van der Waals surface area contributed by atoms with Crippen molar-refractivity contribution in [2.75, 3.05) is 4.90 Å². The molecule has 2 atom stereocenters. The molecule has 1 aliphatic heterocycles. The van der Waals surface area contributed by atoms with Crippen molar-refractivity contribution in [1.29, 1.82) is 0 Å². The van der Waals surface area contributed by atoms with Crippen LogP contribution in [0.5, 0.6) is 0 Å². The van der Waals surface area contributed by atoms with Crippen molar-refractivity contribution in [3.63, 3.8) is 0 Å². The lowest BCUT2D eigenvalue weighted by molar-refractivity contribution is -0.122.